The highest BCUT2D eigenvalue weighted by molar-refractivity contribution is 6.22. The molecule has 0 radical (unpaired) electrons. The van der Waals surface area contributed by atoms with Crippen LogP contribution in [0, 0.1) is 10.1 Å². The van der Waals surface area contributed by atoms with Crippen LogP contribution in [-0.4, -0.2) is 139 Å². The Morgan fingerprint density at radius 2 is 0.788 bits per heavy atom. The summed E-state index contributed by atoms with van der Waals surface area (Å²) in [5.41, 5.74) is 15.3. The summed E-state index contributed by atoms with van der Waals surface area (Å²) in [6.45, 7) is 25.4. The predicted molar refractivity (Wildman–Crippen MR) is 437 cm³/mol. The second kappa shape index (κ2) is 38.8. The number of hydrogen-bond acceptors (Lipinski definition) is 9. The average molecular weight is 1490 g/mol. The largest absolute Gasteiger partial charge is 0.355 e. The third-order valence-corrected chi connectivity index (χ3v) is 20.4. The van der Waals surface area contributed by atoms with Gasteiger partial charge in [-0.2, -0.15) is 0 Å². The van der Waals surface area contributed by atoms with Gasteiger partial charge in [-0.15, -0.1) is 48.0 Å². The topological polar surface area (TPSA) is 152 Å². The number of nitro groups is 1. The number of non-ortho nitro benzene ring substituents is 1. The summed E-state index contributed by atoms with van der Waals surface area (Å²) < 4.78 is 22.7. The van der Waals surface area contributed by atoms with Crippen molar-refractivity contribution in [3.8, 4) is 0 Å². The van der Waals surface area contributed by atoms with E-state index in [9.17, 15) is 33.7 Å². The van der Waals surface area contributed by atoms with Gasteiger partial charge in [0.1, 0.15) is 0 Å². The fourth-order valence-electron chi connectivity index (χ4n) is 14.5. The summed E-state index contributed by atoms with van der Waals surface area (Å²) in [6, 6.07) is 62.1. The number of halogens is 5. The highest BCUT2D eigenvalue weighted by Crippen LogP contribution is 2.42. The zero-order valence-electron chi connectivity index (χ0n) is 61.3. The maximum Gasteiger partial charge on any atom is 0.269 e. The molecule has 2 aliphatic rings. The van der Waals surface area contributed by atoms with Crippen molar-refractivity contribution in [2.75, 3.05) is 77.8 Å². The minimum Gasteiger partial charge on any atom is -0.355 e. The summed E-state index contributed by atoms with van der Waals surface area (Å²) in [4.78, 5) is 69.8. The Bertz CT molecular complexity index is 4860. The van der Waals surface area contributed by atoms with Crippen LogP contribution in [-0.2, 0) is 32.5 Å². The minimum atomic E-state index is -1.00. The number of rotatable bonds is 22. The third kappa shape index (κ3) is 17.9. The van der Waals surface area contributed by atoms with E-state index in [0.29, 0.717) is 48.6 Å². The van der Waals surface area contributed by atoms with Crippen LogP contribution in [0.25, 0.3) is 87.2 Å². The van der Waals surface area contributed by atoms with Gasteiger partial charge in [-0.05, 0) is 148 Å². The SMILES string of the molecule is CCN(CC)CCn1c2ccc(C(=O)CCCl)cc2c2cc(C(=O)CCCl)ccc21.CCN(CC)CCn1c2ccc3c(c2c2c4c(ccc21)C(=O)CC4)CCC3=O.CCN(CC)CCn1c2ccccc2c2ccccc21.Cl.Cl.O=[N+]([O-])c1ccccc1.[2H]CF.c1ccc2c(c1)[nH]c1ccccc12. The molecule has 546 valence electrons. The van der Waals surface area contributed by atoms with Gasteiger partial charge in [-0.25, -0.2) is 0 Å². The molecule has 15 rings (SSSR count). The predicted octanol–water partition coefficient (Wildman–Crippen LogP) is 20.6. The molecule has 13 aromatic rings. The van der Waals surface area contributed by atoms with Gasteiger partial charge in [0, 0.05) is 198 Å². The first-order valence-electron chi connectivity index (χ1n) is 36.4. The lowest BCUT2D eigenvalue weighted by Crippen LogP contribution is -2.26. The summed E-state index contributed by atoms with van der Waals surface area (Å²) in [7, 11) is -1.00. The standard InChI is InChI=1S/C24H28Cl2N2O2.C24H26N2O2.C18H22N2.C12H9N.C6H5NO2.CH3F.2ClH/c1-3-27(4-2)13-14-28-21-7-5-17(23(29)9-11-25)15-19(21)20-16-18(6-8-22(20)28)24(30)10-12-26;1-3-25(4-2)13-14-26-19-9-5-15-17(7-11-21(15)27)23(19)24-18-8-12-22(28)16(18)6-10-20(24)26;1-3-19(4-2)13-14-20-17-11-7-5-9-15(17)16-10-6-8-12-18(16)20;1-3-7-11-9(5-1)10-6-2-4-8-12(10)13-11;8-7(9)6-4-2-1-3-5-6;1-2;;/h5-8,15-16H,3-4,9-14H2,1-2H3;5-6,9-10H,3-4,7-8,11-14H2,1-2H3;5-12H,3-4,13-14H2,1-2H3;1-8,13H;1-5H;1H3;2*1H/i;;;;;1D;;. The molecule has 4 heterocycles. The molecule has 4 aromatic heterocycles. The number of nitrogens with one attached hydrogen (secondary N) is 1. The summed E-state index contributed by atoms with van der Waals surface area (Å²) in [5.74, 6) is 1.18. The number of nitrogens with zero attached hydrogens (tertiary/aromatic N) is 7. The molecule has 2 aliphatic carbocycles. The number of likely N-dealkylation sites (N-methyl/N-ethyl adjacent to an activating group) is 3. The van der Waals surface area contributed by atoms with Gasteiger partial charge in [0.2, 0.25) is 0 Å². The van der Waals surface area contributed by atoms with Gasteiger partial charge in [0.05, 0.1) is 13.4 Å². The number of Topliss-reactive ketones (excluding diaryl/α,β-unsaturated/α-hetero) is 4. The molecule has 0 spiro atoms. The van der Waals surface area contributed by atoms with E-state index >= 15 is 0 Å². The molecule has 1 N–H and O–H groups in total. The quantitative estimate of drug-likeness (QED) is 0.0302. The van der Waals surface area contributed by atoms with Gasteiger partial charge in [-0.1, -0.05) is 133 Å². The number of carbonyl (C=O) groups excluding carboxylic acids is 4. The van der Waals surface area contributed by atoms with Gasteiger partial charge < -0.3 is 33.4 Å². The Labute approximate surface area is 632 Å². The van der Waals surface area contributed by atoms with Crippen molar-refractivity contribution in [3.63, 3.8) is 0 Å². The molecule has 104 heavy (non-hydrogen) atoms. The van der Waals surface area contributed by atoms with E-state index in [0.717, 1.165) is 124 Å². The van der Waals surface area contributed by atoms with Crippen LogP contribution in [0.1, 0.15) is 121 Å². The fourth-order valence-corrected chi connectivity index (χ4v) is 14.9. The Balaban J connectivity index is 0.000000171. The lowest BCUT2D eigenvalue weighted by Gasteiger charge is -2.19. The lowest BCUT2D eigenvalue weighted by molar-refractivity contribution is -0.384. The van der Waals surface area contributed by atoms with Crippen LogP contribution >= 0.6 is 48.0 Å². The molecule has 0 amide bonds. The van der Waals surface area contributed by atoms with Crippen molar-refractivity contribution in [2.24, 2.45) is 0 Å². The number of aromatic nitrogens is 4. The van der Waals surface area contributed by atoms with Gasteiger partial charge in [-0.3, -0.25) is 33.7 Å². The molecular formula is C85H95Cl4FN8O6. The van der Waals surface area contributed by atoms with Gasteiger partial charge in [0.15, 0.2) is 23.1 Å². The normalized spacial score (nSPS) is 12.2. The van der Waals surface area contributed by atoms with E-state index in [-0.39, 0.29) is 53.6 Å². The number of H-pyrrole nitrogens is 1. The Kier molecular flexibility index (Phi) is 29.6. The van der Waals surface area contributed by atoms with Crippen LogP contribution in [0.3, 0.4) is 0 Å². The zero-order valence-corrected chi connectivity index (χ0v) is 63.4. The molecule has 19 heteroatoms. The number of benzene rings is 9. The summed E-state index contributed by atoms with van der Waals surface area (Å²) in [5, 5.41) is 19.8. The molecule has 0 fully saturated rings. The van der Waals surface area contributed by atoms with Crippen molar-refractivity contribution in [3.05, 3.63) is 232 Å². The van der Waals surface area contributed by atoms with Crippen LogP contribution in [0.5, 0.6) is 0 Å². The number of alkyl halides is 3. The first-order chi connectivity index (χ1) is 50.2. The summed E-state index contributed by atoms with van der Waals surface area (Å²) >= 11 is 11.5. The first-order valence-corrected chi connectivity index (χ1v) is 36.8. The zero-order chi connectivity index (χ0) is 73.1. The van der Waals surface area contributed by atoms with Crippen molar-refractivity contribution in [2.45, 2.75) is 99.7 Å². The minimum absolute atomic E-state index is 0. The van der Waals surface area contributed by atoms with Crippen LogP contribution < -0.4 is 0 Å². The van der Waals surface area contributed by atoms with Crippen molar-refractivity contribution in [1.82, 2.24) is 33.4 Å². The van der Waals surface area contributed by atoms with Crippen LogP contribution in [0.4, 0.5) is 10.1 Å². The Morgan fingerprint density at radius 1 is 0.462 bits per heavy atom. The van der Waals surface area contributed by atoms with E-state index in [1.54, 1.807) is 18.2 Å². The van der Waals surface area contributed by atoms with Crippen molar-refractivity contribution >= 4 is 164 Å². The molecule has 9 aromatic carbocycles. The van der Waals surface area contributed by atoms with E-state index in [4.69, 9.17) is 24.6 Å². The smallest absolute Gasteiger partial charge is 0.269 e. The average Bonchev–Trinajstić information content (AvgIpc) is 1.56. The maximum atomic E-state index is 12.4. The Morgan fingerprint density at radius 3 is 1.14 bits per heavy atom. The molecule has 14 nitrogen and oxygen atoms in total. The van der Waals surface area contributed by atoms with E-state index in [1.807, 2.05) is 48.5 Å². The number of nitro benzene ring substituents is 1. The second-order valence-electron chi connectivity index (χ2n) is 25.4. The van der Waals surface area contributed by atoms with E-state index in [1.165, 1.54) is 88.7 Å². The van der Waals surface area contributed by atoms with Gasteiger partial charge in [0.25, 0.3) is 5.69 Å². The second-order valence-corrected chi connectivity index (χ2v) is 26.1. The molecule has 0 unspecified atom stereocenters. The van der Waals surface area contributed by atoms with E-state index in [2.05, 4.69) is 184 Å². The number of ketones is 4. The molecule has 0 saturated heterocycles. The first kappa shape index (κ1) is 79.3. The number of fused-ring (bicyclic) bond motifs is 16. The number of carbonyl (C=O) groups is 4. The van der Waals surface area contributed by atoms with Gasteiger partial charge >= 0.3 is 0 Å². The van der Waals surface area contributed by atoms with Crippen LogP contribution in [0.2, 0.25) is 0 Å². The molecule has 0 aliphatic heterocycles. The highest BCUT2D eigenvalue weighted by Gasteiger charge is 2.30. The highest BCUT2D eigenvalue weighted by atomic mass is 35.5. The monoisotopic (exact) mass is 1480 g/mol. The number of aromatic amines is 1. The summed E-state index contributed by atoms with van der Waals surface area (Å²) in [6.07, 6.45) is 3.47. The molecular weight excluding hydrogens is 1390 g/mol. The van der Waals surface area contributed by atoms with E-state index < -0.39 is 12.1 Å². The van der Waals surface area contributed by atoms with Crippen molar-refractivity contribution < 1.29 is 29.9 Å². The van der Waals surface area contributed by atoms with Crippen molar-refractivity contribution in [1.29, 1.82) is 0 Å². The van der Waals surface area contributed by atoms with Crippen LogP contribution in [0.15, 0.2) is 188 Å². The molecule has 0 atom stereocenters. The molecule has 0 saturated carbocycles. The molecule has 0 bridgehead atoms. The number of aryl methyl sites for hydroxylation is 2. The Hall–Kier alpha value is -8.77. The fraction of sp³-hybridized carbons (Fsp3) is 0.318. The number of hydrogen-bond donors (Lipinski definition) is 1. The third-order valence-electron chi connectivity index (χ3n) is 20.0. The maximum absolute atomic E-state index is 12.4. The lowest BCUT2D eigenvalue weighted by atomic mass is 9.98. The number of para-hydroxylation sites is 5.